The zero-order valence-corrected chi connectivity index (χ0v) is 31.4. The van der Waals surface area contributed by atoms with Gasteiger partial charge in [0.25, 0.3) is 0 Å². The van der Waals surface area contributed by atoms with E-state index in [9.17, 15) is 0 Å². The van der Waals surface area contributed by atoms with E-state index in [4.69, 9.17) is 14.4 Å². The maximum absolute atomic E-state index is 6.67. The Labute approximate surface area is 331 Å². The van der Waals surface area contributed by atoms with Gasteiger partial charge in [-0.05, 0) is 59.7 Å². The van der Waals surface area contributed by atoms with Crippen molar-refractivity contribution in [3.8, 4) is 16.8 Å². The summed E-state index contributed by atoms with van der Waals surface area (Å²) < 4.78 is 11.5. The number of hydrogen-bond donors (Lipinski definition) is 1. The first-order chi connectivity index (χ1) is 28.3. The summed E-state index contributed by atoms with van der Waals surface area (Å²) in [7, 11) is 0. The number of benzene rings is 8. The Morgan fingerprint density at radius 1 is 0.526 bits per heavy atom. The molecule has 0 bridgehead atoms. The summed E-state index contributed by atoms with van der Waals surface area (Å²) in [6.45, 7) is 0. The Bertz CT molecular complexity index is 3390. The second-order valence-electron chi connectivity index (χ2n) is 14.5. The first kappa shape index (κ1) is 32.0. The van der Waals surface area contributed by atoms with Gasteiger partial charge < -0.3 is 14.3 Å². The van der Waals surface area contributed by atoms with Gasteiger partial charge in [0.05, 0.1) is 22.1 Å². The third-order valence-electron chi connectivity index (χ3n) is 11.3. The van der Waals surface area contributed by atoms with E-state index in [0.29, 0.717) is 5.84 Å². The molecular weight excluding hydrogens is 717 g/mol. The zero-order chi connectivity index (χ0) is 37.5. The number of aliphatic imine (C=N–C) groups is 2. The molecule has 1 aliphatic rings. The van der Waals surface area contributed by atoms with Crippen molar-refractivity contribution in [1.82, 2.24) is 9.88 Å². The Morgan fingerprint density at radius 3 is 1.96 bits per heavy atom. The largest absolute Gasteiger partial charge is 0.456 e. The van der Waals surface area contributed by atoms with Crippen molar-refractivity contribution >= 4 is 86.9 Å². The summed E-state index contributed by atoms with van der Waals surface area (Å²) in [5.74, 6) is 1.53. The minimum absolute atomic E-state index is 0.256. The molecule has 1 aliphatic heterocycles. The second kappa shape index (κ2) is 12.6. The monoisotopic (exact) mass is 748 g/mol. The van der Waals surface area contributed by atoms with Crippen molar-refractivity contribution < 1.29 is 4.42 Å². The average molecular weight is 749 g/mol. The Kier molecular flexibility index (Phi) is 7.09. The van der Waals surface area contributed by atoms with Crippen LogP contribution in [-0.4, -0.2) is 16.2 Å². The standard InChI is InChI=1S/C51H32N4OS/c1-3-14-31(15-4-1)49-52-50(32-16-5-2-6-17-32)54-51(53-49)33-28-29-45-39(30-33)38-22-11-21-37(48(38)57-45)36-20-12-26-43-46(36)47-42(25-13-27-44(47)56-43)55-40-23-9-7-18-34(40)35-19-8-10-24-41(35)55/h1-30,49H,(H,52,53,54). The summed E-state index contributed by atoms with van der Waals surface area (Å²) in [5.41, 5.74) is 10.7. The van der Waals surface area contributed by atoms with E-state index in [1.54, 1.807) is 0 Å². The number of para-hydroxylation sites is 2. The van der Waals surface area contributed by atoms with Crippen molar-refractivity contribution in [2.45, 2.75) is 6.17 Å². The molecule has 11 aromatic rings. The fourth-order valence-electron chi connectivity index (χ4n) is 8.72. The van der Waals surface area contributed by atoms with Gasteiger partial charge in [0.2, 0.25) is 0 Å². The minimum atomic E-state index is -0.256. The molecule has 268 valence electrons. The van der Waals surface area contributed by atoms with Gasteiger partial charge in [-0.15, -0.1) is 11.3 Å². The molecule has 4 heterocycles. The number of fused-ring (bicyclic) bond motifs is 9. The SMILES string of the molecule is c1ccc(C2=NC(c3ccc4sc5c(-c6cccc7oc8cccc(-n9c%10ccccc%10c%10ccccc%109)c8c67)cccc5c4c3)=NC(c3ccccc3)N2)cc1. The molecule has 0 fully saturated rings. The van der Waals surface area contributed by atoms with Gasteiger partial charge >= 0.3 is 0 Å². The summed E-state index contributed by atoms with van der Waals surface area (Å²) in [4.78, 5) is 10.3. The van der Waals surface area contributed by atoms with Crippen LogP contribution < -0.4 is 5.32 Å². The lowest BCUT2D eigenvalue weighted by Crippen LogP contribution is -2.33. The van der Waals surface area contributed by atoms with Crippen LogP contribution in [0, 0.1) is 0 Å². The zero-order valence-electron chi connectivity index (χ0n) is 30.6. The minimum Gasteiger partial charge on any atom is -0.456 e. The lowest BCUT2D eigenvalue weighted by molar-refractivity contribution is 0.669. The molecular formula is C51H32N4OS. The lowest BCUT2D eigenvalue weighted by Gasteiger charge is -2.23. The highest BCUT2D eigenvalue weighted by Crippen LogP contribution is 2.46. The number of hydrogen-bond acceptors (Lipinski definition) is 5. The number of nitrogens with one attached hydrogen (secondary N) is 1. The lowest BCUT2D eigenvalue weighted by atomic mass is 9.97. The summed E-state index contributed by atoms with van der Waals surface area (Å²) in [6, 6.07) is 64.2. The fraction of sp³-hybridized carbons (Fsp3) is 0.0196. The molecule has 8 aromatic carbocycles. The van der Waals surface area contributed by atoms with Gasteiger partial charge in [0.1, 0.15) is 23.2 Å². The van der Waals surface area contributed by atoms with Crippen LogP contribution in [0.5, 0.6) is 0 Å². The van der Waals surface area contributed by atoms with E-state index in [1.807, 2.05) is 35.6 Å². The van der Waals surface area contributed by atoms with Crippen molar-refractivity contribution in [2.75, 3.05) is 0 Å². The summed E-state index contributed by atoms with van der Waals surface area (Å²) in [5, 5.41) is 10.7. The number of furan rings is 1. The molecule has 1 N–H and O–H groups in total. The van der Waals surface area contributed by atoms with Gasteiger partial charge in [-0.2, -0.15) is 0 Å². The van der Waals surface area contributed by atoms with Crippen LogP contribution in [0.2, 0.25) is 0 Å². The van der Waals surface area contributed by atoms with Crippen molar-refractivity contribution in [3.05, 3.63) is 199 Å². The van der Waals surface area contributed by atoms with Crippen LogP contribution in [0.15, 0.2) is 196 Å². The smallest absolute Gasteiger partial charge is 0.159 e. The number of aromatic nitrogens is 1. The maximum Gasteiger partial charge on any atom is 0.159 e. The average Bonchev–Trinajstić information content (AvgIpc) is 3.96. The van der Waals surface area contributed by atoms with E-state index in [2.05, 4.69) is 168 Å². The van der Waals surface area contributed by atoms with Gasteiger partial charge in [-0.3, -0.25) is 0 Å². The third kappa shape index (κ3) is 5.01. The molecule has 1 atom stereocenters. The highest BCUT2D eigenvalue weighted by molar-refractivity contribution is 7.26. The Hall–Kier alpha value is -7.28. The van der Waals surface area contributed by atoms with Crippen LogP contribution in [0.1, 0.15) is 22.9 Å². The van der Waals surface area contributed by atoms with Crippen molar-refractivity contribution in [2.24, 2.45) is 9.98 Å². The molecule has 5 nitrogen and oxygen atoms in total. The fourth-order valence-corrected chi connectivity index (χ4v) is 9.93. The molecule has 0 radical (unpaired) electrons. The van der Waals surface area contributed by atoms with E-state index in [0.717, 1.165) is 55.7 Å². The van der Waals surface area contributed by atoms with Crippen LogP contribution in [0.3, 0.4) is 0 Å². The maximum atomic E-state index is 6.67. The molecule has 6 heteroatoms. The quantitative estimate of drug-likeness (QED) is 0.191. The van der Waals surface area contributed by atoms with E-state index >= 15 is 0 Å². The molecule has 12 rings (SSSR count). The highest BCUT2D eigenvalue weighted by Gasteiger charge is 2.23. The van der Waals surface area contributed by atoms with Gasteiger partial charge in [0.15, 0.2) is 5.84 Å². The van der Waals surface area contributed by atoms with Gasteiger partial charge in [-0.1, -0.05) is 133 Å². The number of thiophene rings is 1. The first-order valence-electron chi connectivity index (χ1n) is 19.2. The predicted molar refractivity (Wildman–Crippen MR) is 238 cm³/mol. The Morgan fingerprint density at radius 2 is 1.18 bits per heavy atom. The van der Waals surface area contributed by atoms with E-state index in [-0.39, 0.29) is 6.17 Å². The molecule has 0 aliphatic carbocycles. The molecule has 3 aromatic heterocycles. The number of nitrogens with zero attached hydrogens (tertiary/aromatic N) is 3. The van der Waals surface area contributed by atoms with Crippen LogP contribution in [0.4, 0.5) is 0 Å². The molecule has 0 amide bonds. The number of amidine groups is 2. The Balaban J connectivity index is 1.05. The predicted octanol–water partition coefficient (Wildman–Crippen LogP) is 13.2. The number of rotatable bonds is 5. The summed E-state index contributed by atoms with van der Waals surface area (Å²) in [6.07, 6.45) is -0.256. The van der Waals surface area contributed by atoms with Crippen LogP contribution >= 0.6 is 11.3 Å². The van der Waals surface area contributed by atoms with Crippen LogP contribution in [0.25, 0.3) is 80.7 Å². The van der Waals surface area contributed by atoms with Crippen LogP contribution in [-0.2, 0) is 0 Å². The topological polar surface area (TPSA) is 54.8 Å². The first-order valence-corrected chi connectivity index (χ1v) is 20.0. The van der Waals surface area contributed by atoms with Gasteiger partial charge in [-0.25, -0.2) is 9.98 Å². The molecule has 0 saturated carbocycles. The van der Waals surface area contributed by atoms with E-state index in [1.165, 1.54) is 47.5 Å². The van der Waals surface area contributed by atoms with Crippen molar-refractivity contribution in [3.63, 3.8) is 0 Å². The molecule has 0 spiro atoms. The molecule has 57 heavy (non-hydrogen) atoms. The second-order valence-corrected chi connectivity index (χ2v) is 15.6. The third-order valence-corrected chi connectivity index (χ3v) is 12.5. The summed E-state index contributed by atoms with van der Waals surface area (Å²) >= 11 is 1.83. The highest BCUT2D eigenvalue weighted by atomic mass is 32.1. The van der Waals surface area contributed by atoms with Gasteiger partial charge in [0, 0.05) is 53.0 Å². The normalized spacial score (nSPS) is 14.5. The van der Waals surface area contributed by atoms with Crippen molar-refractivity contribution in [1.29, 1.82) is 0 Å². The molecule has 0 saturated heterocycles. The van der Waals surface area contributed by atoms with E-state index < -0.39 is 0 Å². The molecule has 1 unspecified atom stereocenters.